The van der Waals surface area contributed by atoms with Crippen LogP contribution in [0.2, 0.25) is 0 Å². The molecule has 0 saturated carbocycles. The maximum absolute atomic E-state index is 12.2. The number of carbonyl (C=O) groups is 4. The van der Waals surface area contributed by atoms with Crippen molar-refractivity contribution in [1.82, 2.24) is 41.6 Å². The SMILES string of the molecule is C=C(NCCNC(=O)CNC(=O)CNC(=O)CNC(=O)CON=C(CSC(C)(C)C)CSC(C)(C)C)OCc1cn(CCOCCOCCOCCC(C)(C)C)nn1. The topological polar surface area (TPSA) is 218 Å². The molecular weight excluding hydrogens is 791 g/mol. The van der Waals surface area contributed by atoms with Crippen molar-refractivity contribution in [3.05, 3.63) is 24.4 Å². The molecule has 1 rings (SSSR count). The number of hydrogen-bond acceptors (Lipinski definition) is 15. The number of carbonyl (C=O) groups excluding carboxylic acids is 4. The number of nitrogens with one attached hydrogen (secondary N) is 5. The fourth-order valence-electron chi connectivity index (χ4n) is 3.86. The van der Waals surface area contributed by atoms with E-state index < -0.39 is 23.6 Å². The first-order chi connectivity index (χ1) is 27.2. The van der Waals surface area contributed by atoms with Gasteiger partial charge in [-0.15, -0.1) is 28.6 Å². The molecule has 18 nitrogen and oxygen atoms in total. The molecule has 0 aromatic carbocycles. The van der Waals surface area contributed by atoms with Crippen LogP contribution in [-0.2, 0) is 56.1 Å². The molecule has 5 N–H and O–H groups in total. The molecule has 58 heavy (non-hydrogen) atoms. The van der Waals surface area contributed by atoms with Crippen molar-refractivity contribution in [3.8, 4) is 0 Å². The van der Waals surface area contributed by atoms with Gasteiger partial charge in [-0.1, -0.05) is 72.7 Å². The van der Waals surface area contributed by atoms with E-state index in [4.69, 9.17) is 23.8 Å². The zero-order valence-corrected chi connectivity index (χ0v) is 37.7. The van der Waals surface area contributed by atoms with E-state index in [-0.39, 0.29) is 54.3 Å². The average Bonchev–Trinajstić information content (AvgIpc) is 3.59. The van der Waals surface area contributed by atoms with Crippen LogP contribution in [0.1, 0.15) is 74.4 Å². The fourth-order valence-corrected chi connectivity index (χ4v) is 5.50. The Bertz CT molecular complexity index is 1390. The van der Waals surface area contributed by atoms with Crippen LogP contribution in [0.5, 0.6) is 0 Å². The monoisotopic (exact) mass is 859 g/mol. The van der Waals surface area contributed by atoms with Crippen molar-refractivity contribution in [2.75, 3.05) is 90.5 Å². The Morgan fingerprint density at radius 2 is 1.21 bits per heavy atom. The predicted molar refractivity (Wildman–Crippen MR) is 228 cm³/mol. The summed E-state index contributed by atoms with van der Waals surface area (Å²) >= 11 is 3.47. The van der Waals surface area contributed by atoms with Crippen LogP contribution < -0.4 is 26.6 Å². The minimum Gasteiger partial charge on any atom is -0.473 e. The molecule has 4 amide bonds. The van der Waals surface area contributed by atoms with Gasteiger partial charge in [0.15, 0.2) is 12.5 Å². The molecule has 332 valence electrons. The summed E-state index contributed by atoms with van der Waals surface area (Å²) < 4.78 is 24.0. The zero-order valence-electron chi connectivity index (χ0n) is 36.1. The third-order valence-corrected chi connectivity index (χ3v) is 9.71. The van der Waals surface area contributed by atoms with E-state index in [9.17, 15) is 19.2 Å². The summed E-state index contributed by atoms with van der Waals surface area (Å²) in [5, 5.41) is 25.1. The number of amides is 4. The van der Waals surface area contributed by atoms with Gasteiger partial charge in [-0.05, 0) is 18.4 Å². The van der Waals surface area contributed by atoms with Gasteiger partial charge < -0.3 is 50.4 Å². The predicted octanol–water partition coefficient (Wildman–Crippen LogP) is 2.24. The lowest BCUT2D eigenvalue weighted by Gasteiger charge is -2.20. The van der Waals surface area contributed by atoms with Crippen LogP contribution in [0.15, 0.2) is 23.8 Å². The molecule has 0 bridgehead atoms. The molecule has 0 aliphatic heterocycles. The standard InChI is InChI=1S/C38H69N9O9S2/c1-29(55-25-30-24-47(46-44-30)14-16-53-18-20-54-19-17-52-15-11-36(2,3)4)39-12-13-40-32(48)21-41-33(49)22-42-34(50)23-43-35(51)26-56-45-31(27-57-37(5,6)7)28-58-38(8,9)10/h24,39H,1,11-23,25-28H2,2-10H3,(H,40,48)(H,41,49)(H,42,50)(H,43,51). The second-order valence-corrected chi connectivity index (χ2v) is 19.8. The van der Waals surface area contributed by atoms with Crippen LogP contribution in [0.3, 0.4) is 0 Å². The normalized spacial score (nSPS) is 11.7. The van der Waals surface area contributed by atoms with Gasteiger partial charge in [0.05, 0.1) is 71.1 Å². The molecule has 1 aromatic heterocycles. The Morgan fingerprint density at radius 3 is 1.76 bits per heavy atom. The highest BCUT2D eigenvalue weighted by Gasteiger charge is 2.17. The molecule has 1 aromatic rings. The highest BCUT2D eigenvalue weighted by molar-refractivity contribution is 8.02. The van der Waals surface area contributed by atoms with Crippen molar-refractivity contribution < 1.29 is 43.0 Å². The Balaban J connectivity index is 2.11. The maximum atomic E-state index is 12.2. The van der Waals surface area contributed by atoms with Crippen molar-refractivity contribution in [3.63, 3.8) is 0 Å². The third-order valence-electron chi connectivity index (χ3n) is 7.03. The molecule has 0 saturated heterocycles. The molecule has 0 unspecified atom stereocenters. The summed E-state index contributed by atoms with van der Waals surface area (Å²) in [5.74, 6) is -0.473. The lowest BCUT2D eigenvalue weighted by molar-refractivity contribution is -0.130. The molecule has 0 atom stereocenters. The van der Waals surface area contributed by atoms with Gasteiger partial charge in [0.2, 0.25) is 17.7 Å². The van der Waals surface area contributed by atoms with Crippen molar-refractivity contribution in [1.29, 1.82) is 0 Å². The molecule has 0 fully saturated rings. The summed E-state index contributed by atoms with van der Waals surface area (Å²) in [6.45, 7) is 26.2. The van der Waals surface area contributed by atoms with Gasteiger partial charge >= 0.3 is 0 Å². The molecular formula is C38H69N9O9S2. The minimum absolute atomic E-state index is 0.0523. The van der Waals surface area contributed by atoms with Gasteiger partial charge in [0.1, 0.15) is 12.3 Å². The number of rotatable bonds is 31. The van der Waals surface area contributed by atoms with Crippen LogP contribution >= 0.6 is 23.5 Å². The van der Waals surface area contributed by atoms with E-state index in [1.165, 1.54) is 0 Å². The molecule has 20 heteroatoms. The average molecular weight is 860 g/mol. The Labute approximate surface area is 353 Å². The number of ether oxygens (including phenoxy) is 4. The molecule has 0 aliphatic rings. The first-order valence-corrected chi connectivity index (χ1v) is 21.4. The minimum atomic E-state index is -0.579. The highest BCUT2D eigenvalue weighted by Crippen LogP contribution is 2.27. The number of thioether (sulfide) groups is 2. The number of nitrogens with zero attached hydrogens (tertiary/aromatic N) is 4. The van der Waals surface area contributed by atoms with Crippen LogP contribution in [0, 0.1) is 5.41 Å². The van der Waals surface area contributed by atoms with E-state index >= 15 is 0 Å². The van der Waals surface area contributed by atoms with E-state index in [2.05, 4.69) is 111 Å². The largest absolute Gasteiger partial charge is 0.473 e. The smallest absolute Gasteiger partial charge is 0.261 e. The van der Waals surface area contributed by atoms with E-state index in [0.29, 0.717) is 69.2 Å². The van der Waals surface area contributed by atoms with E-state index in [1.807, 2.05) is 0 Å². The number of aromatic nitrogens is 3. The maximum Gasteiger partial charge on any atom is 0.261 e. The molecule has 0 spiro atoms. The van der Waals surface area contributed by atoms with Crippen LogP contribution in [0.4, 0.5) is 0 Å². The van der Waals surface area contributed by atoms with Crippen molar-refractivity contribution in [2.24, 2.45) is 10.6 Å². The Kier molecular flexibility index (Phi) is 26.0. The Morgan fingerprint density at radius 1 is 0.707 bits per heavy atom. The van der Waals surface area contributed by atoms with Gasteiger partial charge in [0.25, 0.3) is 5.91 Å². The van der Waals surface area contributed by atoms with Gasteiger partial charge in [-0.3, -0.25) is 19.2 Å². The first kappa shape index (κ1) is 52.4. The molecule has 0 aliphatic carbocycles. The summed E-state index contributed by atoms with van der Waals surface area (Å²) in [6, 6.07) is 0. The van der Waals surface area contributed by atoms with Crippen LogP contribution in [-0.4, -0.2) is 144 Å². The lowest BCUT2D eigenvalue weighted by Crippen LogP contribution is -2.45. The second-order valence-electron chi connectivity index (χ2n) is 16.2. The number of oxime groups is 1. The first-order valence-electron chi connectivity index (χ1n) is 19.4. The summed E-state index contributed by atoms with van der Waals surface area (Å²) in [4.78, 5) is 53.7. The van der Waals surface area contributed by atoms with Crippen molar-refractivity contribution >= 4 is 52.9 Å². The Hall–Kier alpha value is -3.59. The summed E-state index contributed by atoms with van der Waals surface area (Å²) in [5.41, 5.74) is 1.70. The quantitative estimate of drug-likeness (QED) is 0.0314. The van der Waals surface area contributed by atoms with Crippen molar-refractivity contribution in [2.45, 2.75) is 91.4 Å². The summed E-state index contributed by atoms with van der Waals surface area (Å²) in [6.07, 6.45) is 2.77. The van der Waals surface area contributed by atoms with Crippen LogP contribution in [0.25, 0.3) is 0 Å². The zero-order chi connectivity index (χ0) is 43.5. The molecule has 1 heterocycles. The van der Waals surface area contributed by atoms with Gasteiger partial charge in [0, 0.05) is 40.7 Å². The molecule has 0 radical (unpaired) electrons. The number of hydrogen-bond donors (Lipinski definition) is 5. The lowest BCUT2D eigenvalue weighted by atomic mass is 9.93. The van der Waals surface area contributed by atoms with Gasteiger partial charge in [-0.25, -0.2) is 4.68 Å². The fraction of sp³-hybridized carbons (Fsp3) is 0.763. The summed E-state index contributed by atoms with van der Waals surface area (Å²) in [7, 11) is 0. The third kappa shape index (κ3) is 32.4. The van der Waals surface area contributed by atoms with Gasteiger partial charge in [-0.2, -0.15) is 0 Å². The van der Waals surface area contributed by atoms with E-state index in [1.54, 1.807) is 34.4 Å². The van der Waals surface area contributed by atoms with E-state index in [0.717, 1.165) is 18.7 Å². The highest BCUT2D eigenvalue weighted by atomic mass is 32.2. The second kappa shape index (κ2) is 28.8.